The summed E-state index contributed by atoms with van der Waals surface area (Å²) in [4.78, 5) is 0. The predicted octanol–water partition coefficient (Wildman–Crippen LogP) is 2.37. The summed E-state index contributed by atoms with van der Waals surface area (Å²) >= 11 is 1.95. The summed E-state index contributed by atoms with van der Waals surface area (Å²) in [5.74, 6) is 3.03. The monoisotopic (exact) mass is 253 g/mol. The number of benzene rings is 1. The van der Waals surface area contributed by atoms with E-state index in [0.717, 1.165) is 35.8 Å². The van der Waals surface area contributed by atoms with Gasteiger partial charge in [0.25, 0.3) is 0 Å². The first-order valence-electron chi connectivity index (χ1n) is 5.89. The third-order valence-electron chi connectivity index (χ3n) is 3.26. The van der Waals surface area contributed by atoms with Gasteiger partial charge in [-0.25, -0.2) is 0 Å². The molecule has 0 amide bonds. The Hall–Kier alpha value is -0.870. The highest BCUT2D eigenvalue weighted by molar-refractivity contribution is 7.99. The second kappa shape index (κ2) is 5.65. The molecule has 0 radical (unpaired) electrons. The molecule has 1 heterocycles. The summed E-state index contributed by atoms with van der Waals surface area (Å²) in [5.41, 5.74) is 0.788. The average molecular weight is 253 g/mol. The summed E-state index contributed by atoms with van der Waals surface area (Å²) in [6.07, 6.45) is 1.98. The summed E-state index contributed by atoms with van der Waals surface area (Å²) in [7, 11) is 1.67. The van der Waals surface area contributed by atoms with Crippen molar-refractivity contribution in [2.75, 3.05) is 30.5 Å². The zero-order chi connectivity index (χ0) is 12.1. The first-order chi connectivity index (χ1) is 8.29. The van der Waals surface area contributed by atoms with Crippen LogP contribution in [0.4, 0.5) is 5.69 Å². The van der Waals surface area contributed by atoms with Gasteiger partial charge in [-0.05, 0) is 36.5 Å². The number of methoxy groups -OCH3 is 1. The lowest BCUT2D eigenvalue weighted by molar-refractivity contribution is 0.201. The van der Waals surface area contributed by atoms with E-state index in [0.29, 0.717) is 0 Å². The number of anilines is 1. The van der Waals surface area contributed by atoms with Crippen LogP contribution in [-0.2, 0) is 0 Å². The summed E-state index contributed by atoms with van der Waals surface area (Å²) in [6, 6.07) is 7.86. The van der Waals surface area contributed by atoms with E-state index in [-0.39, 0.29) is 12.1 Å². The minimum Gasteiger partial charge on any atom is -0.495 e. The first-order valence-corrected chi connectivity index (χ1v) is 7.05. The molecule has 3 nitrogen and oxygen atoms in total. The lowest BCUT2D eigenvalue weighted by atomic mass is 9.92. The standard InChI is InChI=1S/C13H19NO2S/c1-16-12-5-3-2-4-11(12)14-13(10-15)6-8-17-9-7-13/h2-5,14-15H,6-10H2,1H3. The van der Waals surface area contributed by atoms with Gasteiger partial charge in [-0.1, -0.05) is 12.1 Å². The number of nitrogens with one attached hydrogen (secondary N) is 1. The van der Waals surface area contributed by atoms with Crippen molar-refractivity contribution in [1.82, 2.24) is 0 Å². The SMILES string of the molecule is COc1ccccc1NC1(CO)CCSCC1. The molecule has 1 aromatic carbocycles. The van der Waals surface area contributed by atoms with Crippen LogP contribution in [0.25, 0.3) is 0 Å². The van der Waals surface area contributed by atoms with Crippen LogP contribution in [0.1, 0.15) is 12.8 Å². The summed E-state index contributed by atoms with van der Waals surface area (Å²) in [6.45, 7) is 0.172. The molecule has 1 fully saturated rings. The van der Waals surface area contributed by atoms with Crippen LogP contribution < -0.4 is 10.1 Å². The molecule has 2 rings (SSSR count). The molecular formula is C13H19NO2S. The molecule has 0 saturated carbocycles. The summed E-state index contributed by atoms with van der Waals surface area (Å²) in [5, 5.41) is 13.1. The fraction of sp³-hybridized carbons (Fsp3) is 0.538. The van der Waals surface area contributed by atoms with E-state index in [1.807, 2.05) is 36.0 Å². The minimum atomic E-state index is -0.181. The molecule has 0 unspecified atom stereocenters. The smallest absolute Gasteiger partial charge is 0.141 e. The molecule has 0 spiro atoms. The molecule has 1 saturated heterocycles. The van der Waals surface area contributed by atoms with Gasteiger partial charge < -0.3 is 15.2 Å². The van der Waals surface area contributed by atoms with Gasteiger partial charge in [0.15, 0.2) is 0 Å². The normalized spacial score (nSPS) is 18.7. The number of hydrogen-bond acceptors (Lipinski definition) is 4. The predicted molar refractivity (Wildman–Crippen MR) is 73.0 cm³/mol. The largest absolute Gasteiger partial charge is 0.495 e. The van der Waals surface area contributed by atoms with Crippen LogP contribution >= 0.6 is 11.8 Å². The van der Waals surface area contributed by atoms with Crippen molar-refractivity contribution in [2.24, 2.45) is 0 Å². The van der Waals surface area contributed by atoms with E-state index in [2.05, 4.69) is 5.32 Å². The Kier molecular flexibility index (Phi) is 4.18. The van der Waals surface area contributed by atoms with Gasteiger partial charge in [0.05, 0.1) is 24.9 Å². The molecule has 0 aliphatic carbocycles. The van der Waals surface area contributed by atoms with Crippen LogP contribution in [-0.4, -0.2) is 35.9 Å². The van der Waals surface area contributed by atoms with E-state index in [9.17, 15) is 5.11 Å². The highest BCUT2D eigenvalue weighted by Gasteiger charge is 2.32. The molecular weight excluding hydrogens is 234 g/mol. The van der Waals surface area contributed by atoms with Gasteiger partial charge in [-0.2, -0.15) is 11.8 Å². The maximum atomic E-state index is 9.65. The molecule has 17 heavy (non-hydrogen) atoms. The molecule has 94 valence electrons. The first kappa shape index (κ1) is 12.6. The molecule has 2 N–H and O–H groups in total. The molecule has 0 bridgehead atoms. The zero-order valence-electron chi connectivity index (χ0n) is 10.1. The van der Waals surface area contributed by atoms with Crippen molar-refractivity contribution >= 4 is 17.4 Å². The average Bonchev–Trinajstić information content (AvgIpc) is 2.40. The van der Waals surface area contributed by atoms with Crippen LogP contribution in [0.15, 0.2) is 24.3 Å². The minimum absolute atomic E-state index is 0.172. The van der Waals surface area contributed by atoms with Crippen molar-refractivity contribution < 1.29 is 9.84 Å². The topological polar surface area (TPSA) is 41.5 Å². The van der Waals surface area contributed by atoms with Gasteiger partial charge >= 0.3 is 0 Å². The number of aliphatic hydroxyl groups is 1. The summed E-state index contributed by atoms with van der Waals surface area (Å²) < 4.78 is 5.33. The van der Waals surface area contributed by atoms with Gasteiger partial charge in [0, 0.05) is 0 Å². The van der Waals surface area contributed by atoms with E-state index >= 15 is 0 Å². The molecule has 1 aliphatic rings. The van der Waals surface area contributed by atoms with Crippen LogP contribution in [0.2, 0.25) is 0 Å². The van der Waals surface area contributed by atoms with Crippen LogP contribution in [0, 0.1) is 0 Å². The number of hydrogen-bond donors (Lipinski definition) is 2. The van der Waals surface area contributed by atoms with Crippen molar-refractivity contribution in [2.45, 2.75) is 18.4 Å². The Labute approximate surface area is 107 Å². The molecule has 0 atom stereocenters. The van der Waals surface area contributed by atoms with Crippen LogP contribution in [0.3, 0.4) is 0 Å². The van der Waals surface area contributed by atoms with Crippen molar-refractivity contribution in [1.29, 1.82) is 0 Å². The number of aliphatic hydroxyl groups excluding tert-OH is 1. The second-order valence-electron chi connectivity index (χ2n) is 4.38. The molecule has 4 heteroatoms. The lowest BCUT2D eigenvalue weighted by Gasteiger charge is -2.37. The number of para-hydroxylation sites is 2. The Balaban J connectivity index is 2.17. The fourth-order valence-electron chi connectivity index (χ4n) is 2.12. The molecule has 1 aromatic rings. The maximum Gasteiger partial charge on any atom is 0.141 e. The molecule has 0 aromatic heterocycles. The Bertz CT molecular complexity index is 364. The Morgan fingerprint density at radius 2 is 2.06 bits per heavy atom. The Morgan fingerprint density at radius 1 is 1.35 bits per heavy atom. The van der Waals surface area contributed by atoms with E-state index in [1.165, 1.54) is 0 Å². The van der Waals surface area contributed by atoms with Gasteiger partial charge in [-0.3, -0.25) is 0 Å². The van der Waals surface area contributed by atoms with Crippen molar-refractivity contribution in [3.05, 3.63) is 24.3 Å². The third kappa shape index (κ3) is 2.87. The second-order valence-corrected chi connectivity index (χ2v) is 5.60. The highest BCUT2D eigenvalue weighted by Crippen LogP contribution is 2.33. The maximum absolute atomic E-state index is 9.65. The number of rotatable bonds is 4. The van der Waals surface area contributed by atoms with E-state index in [1.54, 1.807) is 7.11 Å². The quantitative estimate of drug-likeness (QED) is 0.864. The van der Waals surface area contributed by atoms with Gasteiger partial charge in [-0.15, -0.1) is 0 Å². The van der Waals surface area contributed by atoms with Crippen molar-refractivity contribution in [3.63, 3.8) is 0 Å². The third-order valence-corrected chi connectivity index (χ3v) is 4.24. The Morgan fingerprint density at radius 3 is 2.71 bits per heavy atom. The number of thioether (sulfide) groups is 1. The van der Waals surface area contributed by atoms with E-state index < -0.39 is 0 Å². The van der Waals surface area contributed by atoms with Crippen LogP contribution in [0.5, 0.6) is 5.75 Å². The van der Waals surface area contributed by atoms with Gasteiger partial charge in [0.1, 0.15) is 5.75 Å². The lowest BCUT2D eigenvalue weighted by Crippen LogP contribution is -2.45. The zero-order valence-corrected chi connectivity index (χ0v) is 10.9. The van der Waals surface area contributed by atoms with Gasteiger partial charge in [0.2, 0.25) is 0 Å². The van der Waals surface area contributed by atoms with Crippen molar-refractivity contribution in [3.8, 4) is 5.75 Å². The van der Waals surface area contributed by atoms with E-state index in [4.69, 9.17) is 4.74 Å². The highest BCUT2D eigenvalue weighted by atomic mass is 32.2. The fourth-order valence-corrected chi connectivity index (χ4v) is 3.39. The molecule has 1 aliphatic heterocycles. The number of ether oxygens (including phenoxy) is 1.